The molecule has 0 rings (SSSR count). The molecule has 0 saturated heterocycles. The number of nitrogens with zero attached hydrogens (tertiary/aromatic N) is 1. The van der Waals surface area contributed by atoms with E-state index < -0.39 is 20.0 Å². The first-order chi connectivity index (χ1) is 44.9. The van der Waals surface area contributed by atoms with Gasteiger partial charge in [-0.15, -0.1) is 0 Å². The Morgan fingerprint density at radius 2 is 0.630 bits per heavy atom. The van der Waals surface area contributed by atoms with Gasteiger partial charge in [-0.2, -0.15) is 0 Å². The van der Waals surface area contributed by atoms with Gasteiger partial charge in [0.05, 0.1) is 33.8 Å². The normalized spacial score (nSPS) is 13.4. The zero-order valence-electron chi connectivity index (χ0n) is 62.8. The lowest BCUT2D eigenvalue weighted by molar-refractivity contribution is -0.870. The minimum Gasteiger partial charge on any atom is -0.456 e. The number of phosphoric ester groups is 1. The van der Waals surface area contributed by atoms with Gasteiger partial charge in [0, 0.05) is 12.8 Å². The van der Waals surface area contributed by atoms with Gasteiger partial charge in [0.2, 0.25) is 5.91 Å². The van der Waals surface area contributed by atoms with E-state index in [4.69, 9.17) is 13.8 Å². The number of carbonyl (C=O) groups excluding carboxylic acids is 2. The Balaban J connectivity index is 4.84. The summed E-state index contributed by atoms with van der Waals surface area (Å²) in [7, 11) is 1.52. The van der Waals surface area contributed by atoms with Gasteiger partial charge < -0.3 is 19.4 Å². The van der Waals surface area contributed by atoms with Crippen LogP contribution in [0, 0.1) is 0 Å². The summed E-state index contributed by atoms with van der Waals surface area (Å²) in [5.41, 5.74) is 0. The number of quaternary nitrogens is 1. The van der Waals surface area contributed by atoms with Crippen molar-refractivity contribution in [1.29, 1.82) is 0 Å². The molecule has 1 amide bonds. The summed E-state index contributed by atoms with van der Waals surface area (Å²) in [6.45, 7) is 7.10. The van der Waals surface area contributed by atoms with Gasteiger partial charge in [0.1, 0.15) is 19.3 Å². The zero-order valence-corrected chi connectivity index (χ0v) is 63.7. The number of rotatable bonds is 77. The maximum absolute atomic E-state index is 13.7. The van der Waals surface area contributed by atoms with Gasteiger partial charge in [-0.05, 0) is 57.4 Å². The first-order valence-electron chi connectivity index (χ1n) is 41.2. The molecule has 9 nitrogen and oxygen atoms in total. The van der Waals surface area contributed by atoms with Crippen LogP contribution in [0.1, 0.15) is 438 Å². The molecule has 0 aliphatic rings. The summed E-state index contributed by atoms with van der Waals surface area (Å²) in [5, 5.41) is 3.09. The summed E-state index contributed by atoms with van der Waals surface area (Å²) in [6.07, 6.45) is 90.9. The highest BCUT2D eigenvalue weighted by Gasteiger charge is 2.30. The molecule has 0 aromatic carbocycles. The van der Waals surface area contributed by atoms with Crippen LogP contribution in [-0.4, -0.2) is 74.3 Å². The van der Waals surface area contributed by atoms with E-state index in [9.17, 15) is 19.0 Å². The quantitative estimate of drug-likeness (QED) is 0.0205. The standard InChI is InChI=1S/C82H161N2O7P/c1-7-10-13-16-19-22-25-28-30-32-34-36-38-40-42-44-46-48-50-52-54-56-59-62-65-68-71-74-81(85)83-79(78-90-92(87,88)89-77-76-84(4,5)6)80(73-70-67-64-61-58-27-24-21-18-15-12-9-3)91-82(86)75-72-69-66-63-60-57-55-53-51-49-47-45-43-41-39-37-35-33-31-29-26-23-20-17-14-11-8-2/h28,30,70,73,79-80H,7-27,29,31-69,71-72,74-78H2,1-6H3,(H-,83,85,87,88)/p+1/b30-28+,73-70+. The van der Waals surface area contributed by atoms with Gasteiger partial charge in [0.15, 0.2) is 0 Å². The Bertz CT molecular complexity index is 1620. The minimum absolute atomic E-state index is 0.0452. The Morgan fingerprint density at radius 1 is 0.370 bits per heavy atom. The smallest absolute Gasteiger partial charge is 0.456 e. The molecule has 2 N–H and O–H groups in total. The molecule has 0 aliphatic heterocycles. The van der Waals surface area contributed by atoms with Crippen LogP contribution in [0.4, 0.5) is 0 Å². The minimum atomic E-state index is -4.45. The van der Waals surface area contributed by atoms with Crippen LogP contribution in [0.15, 0.2) is 24.3 Å². The van der Waals surface area contributed by atoms with Crippen LogP contribution >= 0.6 is 7.82 Å². The second-order valence-corrected chi connectivity index (χ2v) is 31.1. The van der Waals surface area contributed by atoms with Crippen molar-refractivity contribution in [2.75, 3.05) is 40.9 Å². The largest absolute Gasteiger partial charge is 0.472 e. The average molecular weight is 1320 g/mol. The molecular weight excluding hydrogens is 1160 g/mol. The van der Waals surface area contributed by atoms with Crippen molar-refractivity contribution in [3.63, 3.8) is 0 Å². The second-order valence-electron chi connectivity index (χ2n) is 29.7. The van der Waals surface area contributed by atoms with Gasteiger partial charge in [-0.3, -0.25) is 18.6 Å². The summed E-state index contributed by atoms with van der Waals surface area (Å²) < 4.78 is 31.0. The van der Waals surface area contributed by atoms with Crippen LogP contribution in [0.5, 0.6) is 0 Å². The second kappa shape index (κ2) is 72.2. The Hall–Kier alpha value is -1.51. The molecule has 0 heterocycles. The van der Waals surface area contributed by atoms with E-state index in [-0.39, 0.29) is 25.1 Å². The lowest BCUT2D eigenvalue weighted by Gasteiger charge is -2.27. The van der Waals surface area contributed by atoms with E-state index >= 15 is 0 Å². The first-order valence-corrected chi connectivity index (χ1v) is 42.7. The summed E-state index contributed by atoms with van der Waals surface area (Å²) in [5.74, 6) is -0.475. The molecule has 0 fully saturated rings. The Labute approximate surface area is 574 Å². The van der Waals surface area contributed by atoms with Crippen LogP contribution in [0.2, 0.25) is 0 Å². The number of phosphoric acid groups is 1. The van der Waals surface area contributed by atoms with Crippen LogP contribution in [0.25, 0.3) is 0 Å². The van der Waals surface area contributed by atoms with Crippen LogP contribution in [0.3, 0.4) is 0 Å². The third kappa shape index (κ3) is 72.8. The molecule has 0 aromatic rings. The molecule has 0 saturated carbocycles. The van der Waals surface area contributed by atoms with Crippen molar-refractivity contribution in [2.45, 2.75) is 450 Å². The monoisotopic (exact) mass is 1320 g/mol. The van der Waals surface area contributed by atoms with E-state index in [1.54, 1.807) is 0 Å². The van der Waals surface area contributed by atoms with E-state index in [1.165, 1.54) is 347 Å². The average Bonchev–Trinajstić information content (AvgIpc) is 3.69. The number of likely N-dealkylation sites (N-methyl/N-ethyl adjacent to an activating group) is 1. The van der Waals surface area contributed by atoms with E-state index in [2.05, 4.69) is 44.3 Å². The van der Waals surface area contributed by atoms with E-state index in [0.29, 0.717) is 23.9 Å². The van der Waals surface area contributed by atoms with Crippen LogP contribution < -0.4 is 5.32 Å². The van der Waals surface area contributed by atoms with Gasteiger partial charge in [-0.25, -0.2) is 4.57 Å². The van der Waals surface area contributed by atoms with Crippen molar-refractivity contribution < 1.29 is 37.3 Å². The number of unbranched alkanes of at least 4 members (excludes halogenated alkanes) is 59. The highest BCUT2D eigenvalue weighted by atomic mass is 31.2. The van der Waals surface area contributed by atoms with Crippen molar-refractivity contribution in [1.82, 2.24) is 5.32 Å². The van der Waals surface area contributed by atoms with E-state index in [0.717, 1.165) is 57.8 Å². The highest BCUT2D eigenvalue weighted by Crippen LogP contribution is 2.43. The number of hydrogen-bond acceptors (Lipinski definition) is 6. The maximum Gasteiger partial charge on any atom is 0.472 e. The molecule has 0 aromatic heterocycles. The number of carbonyl (C=O) groups is 2. The fourth-order valence-corrected chi connectivity index (χ4v) is 13.6. The summed E-state index contributed by atoms with van der Waals surface area (Å²) in [6, 6.07) is -0.844. The Kier molecular flexibility index (Phi) is 71.1. The number of esters is 1. The molecule has 10 heteroatoms. The molecular formula is C82H162N2O7P+. The van der Waals surface area contributed by atoms with Crippen molar-refractivity contribution in [3.05, 3.63) is 24.3 Å². The highest BCUT2D eigenvalue weighted by molar-refractivity contribution is 7.47. The third-order valence-electron chi connectivity index (χ3n) is 19.1. The Morgan fingerprint density at radius 3 is 0.924 bits per heavy atom. The predicted octanol–water partition coefficient (Wildman–Crippen LogP) is 26.8. The first kappa shape index (κ1) is 90.5. The number of ether oxygens (including phenoxy) is 1. The molecule has 0 spiro atoms. The third-order valence-corrected chi connectivity index (χ3v) is 20.1. The van der Waals surface area contributed by atoms with Gasteiger partial charge in [-0.1, -0.05) is 392 Å². The number of hydrogen-bond donors (Lipinski definition) is 2. The molecule has 0 aliphatic carbocycles. The molecule has 0 bridgehead atoms. The van der Waals surface area contributed by atoms with Gasteiger partial charge in [0.25, 0.3) is 0 Å². The molecule has 546 valence electrons. The molecule has 92 heavy (non-hydrogen) atoms. The summed E-state index contributed by atoms with van der Waals surface area (Å²) in [4.78, 5) is 38.1. The summed E-state index contributed by atoms with van der Waals surface area (Å²) >= 11 is 0. The molecule has 0 radical (unpaired) electrons. The topological polar surface area (TPSA) is 111 Å². The van der Waals surface area contributed by atoms with Crippen LogP contribution in [-0.2, 0) is 27.9 Å². The molecule has 3 unspecified atom stereocenters. The van der Waals surface area contributed by atoms with Crippen molar-refractivity contribution >= 4 is 19.7 Å². The lowest BCUT2D eigenvalue weighted by Crippen LogP contribution is -2.47. The molecule has 3 atom stereocenters. The lowest BCUT2D eigenvalue weighted by atomic mass is 10.0. The predicted molar refractivity (Wildman–Crippen MR) is 402 cm³/mol. The number of allylic oxidation sites excluding steroid dienone is 3. The van der Waals surface area contributed by atoms with Crippen molar-refractivity contribution in [3.8, 4) is 0 Å². The number of nitrogens with one attached hydrogen (secondary N) is 1. The maximum atomic E-state index is 13.7. The fourth-order valence-electron chi connectivity index (χ4n) is 12.8. The van der Waals surface area contributed by atoms with Gasteiger partial charge >= 0.3 is 13.8 Å². The van der Waals surface area contributed by atoms with E-state index in [1.807, 2.05) is 27.2 Å². The fraction of sp³-hybridized carbons (Fsp3) is 0.927. The number of amides is 1. The zero-order chi connectivity index (χ0) is 67.0. The van der Waals surface area contributed by atoms with Crippen molar-refractivity contribution in [2.24, 2.45) is 0 Å². The SMILES string of the molecule is CCCCCCCC/C=C/CCCCCCCCCCCCCCCCCCCC(=O)NC(COP(=O)(O)OCC[N+](C)(C)C)C(/C=C/CCCCCCCCCCCC)OC(=O)CCCCCCCCCCCCCCCCCCCCCCCCCCCCC.